The van der Waals surface area contributed by atoms with Gasteiger partial charge in [-0.1, -0.05) is 49.4 Å². The van der Waals surface area contributed by atoms with E-state index in [1.54, 1.807) is 0 Å². The highest BCUT2D eigenvalue weighted by molar-refractivity contribution is 6.62. The van der Waals surface area contributed by atoms with Crippen molar-refractivity contribution in [1.82, 2.24) is 0 Å². The van der Waals surface area contributed by atoms with Gasteiger partial charge in [0.25, 0.3) is 0 Å². The van der Waals surface area contributed by atoms with Crippen LogP contribution in [-0.4, -0.2) is 18.3 Å². The lowest BCUT2D eigenvalue weighted by Gasteiger charge is -2.32. The summed E-state index contributed by atoms with van der Waals surface area (Å²) in [6.45, 7) is 11.0. The Balaban J connectivity index is 1.76. The standard InChI is InChI=1S/C21H27BO3/c1-6-17-14-18(22-24-20(2,3)21(4,5)25-22)12-13-19(17)23-15-16-10-8-7-9-11-16/h7-14H,6,15H2,1-5H3. The molecule has 0 atom stereocenters. The van der Waals surface area contributed by atoms with Gasteiger partial charge >= 0.3 is 7.12 Å². The average molecular weight is 338 g/mol. The first-order valence-electron chi connectivity index (χ1n) is 8.97. The van der Waals surface area contributed by atoms with Gasteiger partial charge in [-0.3, -0.25) is 0 Å². The molecule has 0 bridgehead atoms. The fraction of sp³-hybridized carbons (Fsp3) is 0.429. The first kappa shape index (κ1) is 18.0. The second kappa shape index (κ2) is 6.85. The lowest BCUT2D eigenvalue weighted by atomic mass is 9.78. The van der Waals surface area contributed by atoms with Crippen molar-refractivity contribution < 1.29 is 14.0 Å². The van der Waals surface area contributed by atoms with Crippen LogP contribution in [0.25, 0.3) is 0 Å². The van der Waals surface area contributed by atoms with Crippen molar-refractivity contribution in [2.24, 2.45) is 0 Å². The minimum Gasteiger partial charge on any atom is -0.489 e. The van der Waals surface area contributed by atoms with Gasteiger partial charge in [-0.05, 0) is 56.8 Å². The molecule has 25 heavy (non-hydrogen) atoms. The van der Waals surface area contributed by atoms with Gasteiger partial charge in [-0.2, -0.15) is 0 Å². The van der Waals surface area contributed by atoms with Gasteiger partial charge in [-0.15, -0.1) is 0 Å². The number of ether oxygens (including phenoxy) is 1. The summed E-state index contributed by atoms with van der Waals surface area (Å²) < 4.78 is 18.3. The summed E-state index contributed by atoms with van der Waals surface area (Å²) in [7, 11) is -0.335. The van der Waals surface area contributed by atoms with Crippen LogP contribution in [0.5, 0.6) is 5.75 Å². The fourth-order valence-electron chi connectivity index (χ4n) is 2.88. The zero-order valence-electron chi connectivity index (χ0n) is 15.8. The van der Waals surface area contributed by atoms with E-state index in [-0.39, 0.29) is 18.3 Å². The van der Waals surface area contributed by atoms with Gasteiger partial charge in [0.15, 0.2) is 0 Å². The second-order valence-corrected chi connectivity index (χ2v) is 7.58. The molecule has 1 heterocycles. The fourth-order valence-corrected chi connectivity index (χ4v) is 2.88. The Labute approximate surface area is 151 Å². The topological polar surface area (TPSA) is 27.7 Å². The molecule has 0 unspecified atom stereocenters. The van der Waals surface area contributed by atoms with Crippen LogP contribution in [-0.2, 0) is 22.3 Å². The molecule has 0 amide bonds. The third-order valence-electron chi connectivity index (χ3n) is 5.23. The molecule has 1 fully saturated rings. The third-order valence-corrected chi connectivity index (χ3v) is 5.23. The van der Waals surface area contributed by atoms with Crippen LogP contribution in [0.4, 0.5) is 0 Å². The molecule has 0 aromatic heterocycles. The Bertz CT molecular complexity index is 709. The van der Waals surface area contributed by atoms with Gasteiger partial charge in [0.2, 0.25) is 0 Å². The Kier molecular flexibility index (Phi) is 4.94. The minimum absolute atomic E-state index is 0.327. The van der Waals surface area contributed by atoms with E-state index in [0.717, 1.165) is 17.6 Å². The zero-order chi connectivity index (χ0) is 18.1. The number of hydrogen-bond acceptors (Lipinski definition) is 3. The Morgan fingerprint density at radius 2 is 1.56 bits per heavy atom. The van der Waals surface area contributed by atoms with Crippen LogP contribution >= 0.6 is 0 Å². The predicted octanol–water partition coefficient (Wildman–Crippen LogP) is 4.13. The van der Waals surface area contributed by atoms with E-state index in [9.17, 15) is 0 Å². The number of benzene rings is 2. The van der Waals surface area contributed by atoms with Gasteiger partial charge in [0, 0.05) is 0 Å². The van der Waals surface area contributed by atoms with E-state index in [0.29, 0.717) is 6.61 Å². The summed E-state index contributed by atoms with van der Waals surface area (Å²) in [4.78, 5) is 0. The van der Waals surface area contributed by atoms with Crippen LogP contribution in [0, 0.1) is 0 Å². The smallest absolute Gasteiger partial charge is 0.489 e. The lowest BCUT2D eigenvalue weighted by molar-refractivity contribution is 0.00578. The zero-order valence-corrected chi connectivity index (χ0v) is 15.8. The van der Waals surface area contributed by atoms with Crippen molar-refractivity contribution >= 4 is 12.6 Å². The first-order valence-corrected chi connectivity index (χ1v) is 8.97. The molecule has 0 N–H and O–H groups in total. The van der Waals surface area contributed by atoms with Crippen molar-refractivity contribution in [2.45, 2.75) is 58.8 Å². The van der Waals surface area contributed by atoms with Crippen LogP contribution in [0.1, 0.15) is 45.7 Å². The molecule has 0 aliphatic carbocycles. The SMILES string of the molecule is CCc1cc(B2OC(C)(C)C(C)(C)O2)ccc1OCc1ccccc1. The van der Waals surface area contributed by atoms with E-state index < -0.39 is 0 Å². The third kappa shape index (κ3) is 3.75. The lowest BCUT2D eigenvalue weighted by Crippen LogP contribution is -2.41. The quantitative estimate of drug-likeness (QED) is 0.768. The van der Waals surface area contributed by atoms with Crippen molar-refractivity contribution in [3.05, 3.63) is 59.7 Å². The monoisotopic (exact) mass is 338 g/mol. The van der Waals surface area contributed by atoms with Gasteiger partial charge in [-0.25, -0.2) is 0 Å². The molecule has 1 aliphatic rings. The highest BCUT2D eigenvalue weighted by atomic mass is 16.7. The number of hydrogen-bond donors (Lipinski definition) is 0. The average Bonchev–Trinajstić information content (AvgIpc) is 2.81. The molecule has 0 saturated carbocycles. The molecule has 0 radical (unpaired) electrons. The number of aryl methyl sites for hydroxylation is 1. The molecular weight excluding hydrogens is 311 g/mol. The maximum atomic E-state index is 6.16. The van der Waals surface area contributed by atoms with E-state index in [2.05, 4.69) is 52.8 Å². The van der Waals surface area contributed by atoms with Crippen molar-refractivity contribution in [3.8, 4) is 5.75 Å². The molecule has 1 aliphatic heterocycles. The van der Waals surface area contributed by atoms with E-state index in [4.69, 9.17) is 14.0 Å². The molecule has 4 heteroatoms. The minimum atomic E-state index is -0.335. The Morgan fingerprint density at radius 1 is 0.920 bits per heavy atom. The number of rotatable bonds is 5. The normalized spacial score (nSPS) is 18.4. The van der Waals surface area contributed by atoms with Crippen LogP contribution in [0.3, 0.4) is 0 Å². The van der Waals surface area contributed by atoms with Gasteiger partial charge < -0.3 is 14.0 Å². The maximum absolute atomic E-state index is 6.16. The summed E-state index contributed by atoms with van der Waals surface area (Å²) in [6, 6.07) is 16.4. The first-order chi connectivity index (χ1) is 11.8. The molecule has 2 aromatic carbocycles. The maximum Gasteiger partial charge on any atom is 0.494 e. The van der Waals surface area contributed by atoms with Crippen molar-refractivity contribution in [3.63, 3.8) is 0 Å². The summed E-state index contributed by atoms with van der Waals surface area (Å²) in [5.74, 6) is 0.923. The molecule has 132 valence electrons. The van der Waals surface area contributed by atoms with E-state index in [1.807, 2.05) is 30.3 Å². The summed E-state index contributed by atoms with van der Waals surface area (Å²) in [5, 5.41) is 0. The van der Waals surface area contributed by atoms with Gasteiger partial charge in [0.1, 0.15) is 12.4 Å². The Morgan fingerprint density at radius 3 is 2.16 bits per heavy atom. The van der Waals surface area contributed by atoms with E-state index in [1.165, 1.54) is 11.1 Å². The highest BCUT2D eigenvalue weighted by Crippen LogP contribution is 2.36. The van der Waals surface area contributed by atoms with Crippen LogP contribution in [0.2, 0.25) is 0 Å². The molecule has 1 saturated heterocycles. The largest absolute Gasteiger partial charge is 0.494 e. The van der Waals surface area contributed by atoms with Crippen molar-refractivity contribution in [1.29, 1.82) is 0 Å². The molecular formula is C21H27BO3. The van der Waals surface area contributed by atoms with Crippen LogP contribution < -0.4 is 10.2 Å². The molecule has 2 aromatic rings. The second-order valence-electron chi connectivity index (χ2n) is 7.58. The summed E-state index contributed by atoms with van der Waals surface area (Å²) in [5.41, 5.74) is 2.73. The predicted molar refractivity (Wildman–Crippen MR) is 102 cm³/mol. The van der Waals surface area contributed by atoms with Crippen molar-refractivity contribution in [2.75, 3.05) is 0 Å². The molecule has 0 spiro atoms. The highest BCUT2D eigenvalue weighted by Gasteiger charge is 2.51. The van der Waals surface area contributed by atoms with Crippen LogP contribution in [0.15, 0.2) is 48.5 Å². The Hall–Kier alpha value is -1.78. The summed E-state index contributed by atoms with van der Waals surface area (Å²) in [6.07, 6.45) is 0.900. The molecule has 3 rings (SSSR count). The van der Waals surface area contributed by atoms with Gasteiger partial charge in [0.05, 0.1) is 11.2 Å². The molecule has 3 nitrogen and oxygen atoms in total. The summed E-state index contributed by atoms with van der Waals surface area (Å²) >= 11 is 0. The van der Waals surface area contributed by atoms with E-state index >= 15 is 0 Å².